The molecular formula is C14H12Li. The van der Waals surface area contributed by atoms with Crippen molar-refractivity contribution < 1.29 is 0 Å². The third-order valence-corrected chi connectivity index (χ3v) is 2.92. The number of benzene rings is 2. The van der Waals surface area contributed by atoms with Crippen molar-refractivity contribution in [1.29, 1.82) is 0 Å². The molecule has 0 fully saturated rings. The topological polar surface area (TPSA) is 0 Å². The average molecular weight is 187 g/mol. The Morgan fingerprint density at radius 2 is 1.80 bits per heavy atom. The quantitative estimate of drug-likeness (QED) is 0.554. The van der Waals surface area contributed by atoms with Gasteiger partial charge in [0.05, 0.1) is 0 Å². The van der Waals surface area contributed by atoms with Gasteiger partial charge in [-0.05, 0) is 35.2 Å². The first-order valence-electron chi connectivity index (χ1n) is 5.02. The minimum Gasteiger partial charge on any atom is -0.0683 e. The van der Waals surface area contributed by atoms with E-state index in [0.717, 1.165) is 6.42 Å². The molecule has 1 heteroatoms. The standard InChI is InChI=1S/C14H12.Li/c1-10-8-12-7-6-11-4-2-3-5-13(11)14(12)9-10;/h2-7,9H,8H2,1H3;. The summed E-state index contributed by atoms with van der Waals surface area (Å²) in [6.45, 7) is 2.20. The Hall–Kier alpha value is -0.963. The van der Waals surface area contributed by atoms with Crippen molar-refractivity contribution in [2.45, 2.75) is 13.3 Å². The predicted octanol–water partition coefficient (Wildman–Crippen LogP) is 3.42. The van der Waals surface area contributed by atoms with Crippen molar-refractivity contribution in [3.8, 4) is 0 Å². The molecule has 0 spiro atoms. The third kappa shape index (κ3) is 1.65. The molecule has 0 N–H and O–H groups in total. The molecule has 0 bridgehead atoms. The van der Waals surface area contributed by atoms with Gasteiger partial charge < -0.3 is 0 Å². The van der Waals surface area contributed by atoms with Crippen molar-refractivity contribution >= 4 is 35.7 Å². The van der Waals surface area contributed by atoms with Gasteiger partial charge in [-0.1, -0.05) is 48.0 Å². The summed E-state index contributed by atoms with van der Waals surface area (Å²) < 4.78 is 0. The molecule has 2 aromatic carbocycles. The van der Waals surface area contributed by atoms with Crippen LogP contribution in [0.2, 0.25) is 0 Å². The van der Waals surface area contributed by atoms with Crippen LogP contribution in [0.1, 0.15) is 18.1 Å². The first-order chi connectivity index (χ1) is 6.84. The Morgan fingerprint density at radius 3 is 2.67 bits per heavy atom. The van der Waals surface area contributed by atoms with Crippen LogP contribution in [0.15, 0.2) is 42.0 Å². The number of fused-ring (bicyclic) bond motifs is 3. The second kappa shape index (κ2) is 3.89. The summed E-state index contributed by atoms with van der Waals surface area (Å²) in [6, 6.07) is 13.1. The van der Waals surface area contributed by atoms with Gasteiger partial charge in [0.15, 0.2) is 0 Å². The maximum absolute atomic E-state index is 2.32. The van der Waals surface area contributed by atoms with Crippen LogP contribution in [0.3, 0.4) is 0 Å². The van der Waals surface area contributed by atoms with Gasteiger partial charge in [0.2, 0.25) is 0 Å². The Balaban J connectivity index is 0.000000853. The Labute approximate surface area is 102 Å². The van der Waals surface area contributed by atoms with Crippen molar-refractivity contribution in [2.75, 3.05) is 0 Å². The molecule has 1 aliphatic carbocycles. The summed E-state index contributed by atoms with van der Waals surface area (Å²) in [5.74, 6) is 0. The molecule has 0 aliphatic heterocycles. The Morgan fingerprint density at radius 1 is 1.00 bits per heavy atom. The zero-order valence-electron chi connectivity index (χ0n) is 9.25. The van der Waals surface area contributed by atoms with Crippen molar-refractivity contribution in [2.24, 2.45) is 0 Å². The Kier molecular flexibility index (Phi) is 2.74. The zero-order chi connectivity index (χ0) is 9.54. The van der Waals surface area contributed by atoms with Gasteiger partial charge in [-0.25, -0.2) is 0 Å². The first-order valence-corrected chi connectivity index (χ1v) is 5.02. The molecule has 1 aliphatic rings. The molecule has 3 rings (SSSR count). The smallest absolute Gasteiger partial charge is 0 e. The SMILES string of the molecule is CC1=Cc2c(ccc3ccccc23)C1.[Li]. The maximum Gasteiger partial charge on any atom is 0 e. The summed E-state index contributed by atoms with van der Waals surface area (Å²) in [4.78, 5) is 0. The van der Waals surface area contributed by atoms with Gasteiger partial charge in [0.1, 0.15) is 0 Å². The summed E-state index contributed by atoms with van der Waals surface area (Å²) in [7, 11) is 0. The largest absolute Gasteiger partial charge is 0.0683 e. The van der Waals surface area contributed by atoms with E-state index in [0.29, 0.717) is 0 Å². The van der Waals surface area contributed by atoms with Crippen molar-refractivity contribution in [1.82, 2.24) is 0 Å². The Bertz CT molecular complexity index is 538. The average Bonchev–Trinajstić information content (AvgIpc) is 2.59. The van der Waals surface area contributed by atoms with E-state index in [1.807, 2.05) is 0 Å². The van der Waals surface area contributed by atoms with E-state index in [4.69, 9.17) is 0 Å². The maximum atomic E-state index is 2.32. The van der Waals surface area contributed by atoms with E-state index in [1.165, 1.54) is 27.5 Å². The third-order valence-electron chi connectivity index (χ3n) is 2.92. The van der Waals surface area contributed by atoms with Gasteiger partial charge >= 0.3 is 0 Å². The van der Waals surface area contributed by atoms with Crippen LogP contribution >= 0.6 is 0 Å². The summed E-state index contributed by atoms with van der Waals surface area (Å²) in [6.07, 6.45) is 3.44. The molecular weight excluding hydrogens is 175 g/mol. The van der Waals surface area contributed by atoms with Gasteiger partial charge in [-0.3, -0.25) is 0 Å². The van der Waals surface area contributed by atoms with E-state index < -0.39 is 0 Å². The molecule has 15 heavy (non-hydrogen) atoms. The molecule has 0 heterocycles. The fourth-order valence-corrected chi connectivity index (χ4v) is 2.26. The minimum absolute atomic E-state index is 0. The molecule has 1 radical (unpaired) electrons. The van der Waals surface area contributed by atoms with Gasteiger partial charge in [-0.15, -0.1) is 0 Å². The van der Waals surface area contributed by atoms with Crippen molar-refractivity contribution in [3.63, 3.8) is 0 Å². The van der Waals surface area contributed by atoms with E-state index >= 15 is 0 Å². The van der Waals surface area contributed by atoms with E-state index in [-0.39, 0.29) is 18.9 Å². The molecule has 0 nitrogen and oxygen atoms in total. The van der Waals surface area contributed by atoms with E-state index in [9.17, 15) is 0 Å². The molecule has 0 unspecified atom stereocenters. The molecule has 0 amide bonds. The first kappa shape index (κ1) is 10.6. The molecule has 0 saturated carbocycles. The van der Waals surface area contributed by atoms with Crippen LogP contribution in [0, 0.1) is 0 Å². The van der Waals surface area contributed by atoms with Crippen molar-refractivity contribution in [3.05, 3.63) is 53.1 Å². The number of rotatable bonds is 0. The van der Waals surface area contributed by atoms with Gasteiger partial charge in [-0.2, -0.15) is 0 Å². The van der Waals surface area contributed by atoms with E-state index in [2.05, 4.69) is 49.4 Å². The number of hydrogen-bond acceptors (Lipinski definition) is 0. The molecule has 2 aromatic rings. The van der Waals surface area contributed by atoms with Crippen LogP contribution in [-0.2, 0) is 6.42 Å². The normalized spacial score (nSPS) is 13.3. The molecule has 0 saturated heterocycles. The fraction of sp³-hybridized carbons (Fsp3) is 0.143. The van der Waals surface area contributed by atoms with Crippen LogP contribution in [0.5, 0.6) is 0 Å². The number of hydrogen-bond donors (Lipinski definition) is 0. The molecule has 0 aromatic heterocycles. The van der Waals surface area contributed by atoms with Crippen LogP contribution in [0.25, 0.3) is 16.8 Å². The van der Waals surface area contributed by atoms with Crippen LogP contribution in [-0.4, -0.2) is 18.9 Å². The predicted molar refractivity (Wildman–Crippen MR) is 67.1 cm³/mol. The second-order valence-corrected chi connectivity index (χ2v) is 4.03. The molecule has 0 atom stereocenters. The van der Waals surface area contributed by atoms with Crippen LogP contribution in [0.4, 0.5) is 0 Å². The minimum atomic E-state index is 0. The zero-order valence-corrected chi connectivity index (χ0v) is 9.25. The second-order valence-electron chi connectivity index (χ2n) is 4.03. The van der Waals surface area contributed by atoms with Gasteiger partial charge in [0.25, 0.3) is 0 Å². The monoisotopic (exact) mass is 187 g/mol. The fourth-order valence-electron chi connectivity index (χ4n) is 2.26. The van der Waals surface area contributed by atoms with Gasteiger partial charge in [0, 0.05) is 18.9 Å². The van der Waals surface area contributed by atoms with E-state index in [1.54, 1.807) is 0 Å². The summed E-state index contributed by atoms with van der Waals surface area (Å²) in [5.41, 5.74) is 4.37. The van der Waals surface area contributed by atoms with Crippen LogP contribution < -0.4 is 0 Å². The molecule has 69 valence electrons. The summed E-state index contributed by atoms with van der Waals surface area (Å²) in [5, 5.41) is 2.74. The number of allylic oxidation sites excluding steroid dienone is 1. The summed E-state index contributed by atoms with van der Waals surface area (Å²) >= 11 is 0.